The first kappa shape index (κ1) is 25.5. The third-order valence-corrected chi connectivity index (χ3v) is 4.00. The van der Waals surface area contributed by atoms with Crippen molar-refractivity contribution in [2.24, 2.45) is 0 Å². The number of nitrogens with zero attached hydrogens (tertiary/aromatic N) is 2. The summed E-state index contributed by atoms with van der Waals surface area (Å²) < 4.78 is 0. The molecule has 4 aromatic rings. The van der Waals surface area contributed by atoms with Crippen LogP contribution in [0.2, 0.25) is 0 Å². The Balaban J connectivity index is 0.000000529. The van der Waals surface area contributed by atoms with Crippen LogP contribution in [0.15, 0.2) is 97.1 Å². The van der Waals surface area contributed by atoms with Crippen molar-refractivity contribution in [3.05, 3.63) is 108 Å². The normalized spacial score (nSPS) is 9.23. The van der Waals surface area contributed by atoms with Crippen LogP contribution in [0, 0.1) is 0 Å². The third kappa shape index (κ3) is 7.36. The van der Waals surface area contributed by atoms with Crippen molar-refractivity contribution < 1.29 is 40.9 Å². The van der Waals surface area contributed by atoms with E-state index in [0.717, 1.165) is 28.8 Å². The van der Waals surface area contributed by atoms with Crippen LogP contribution in [-0.2, 0) is 6.61 Å². The molecule has 30 heavy (non-hydrogen) atoms. The fourth-order valence-electron chi connectivity index (χ4n) is 2.62. The number of aromatic nitrogens is 2. The molecule has 0 fully saturated rings. The number of rotatable bonds is 4. The van der Waals surface area contributed by atoms with Gasteiger partial charge >= 0.3 is 29.6 Å². The van der Waals surface area contributed by atoms with Gasteiger partial charge in [0.15, 0.2) is 6.29 Å². The molecule has 4 rings (SSSR count). The summed E-state index contributed by atoms with van der Waals surface area (Å²) in [5.41, 5.74) is 4.99. The Morgan fingerprint density at radius 1 is 0.700 bits per heavy atom. The SMILES string of the molecule is O=Cc1cccc(-c2ccccc2)n1.OCc1cccc(-c2ccccc2)n1.[B].[H-].[Na+]. The Bertz CT molecular complexity index is 1040. The van der Waals surface area contributed by atoms with Crippen LogP contribution in [-0.4, -0.2) is 29.8 Å². The number of aliphatic hydroxyl groups is 1. The van der Waals surface area contributed by atoms with Gasteiger partial charge in [-0.05, 0) is 24.3 Å². The summed E-state index contributed by atoms with van der Waals surface area (Å²) in [5, 5.41) is 8.95. The fourth-order valence-corrected chi connectivity index (χ4v) is 2.62. The largest absolute Gasteiger partial charge is 1.00 e. The molecule has 0 spiro atoms. The predicted octanol–water partition coefficient (Wildman–Crippen LogP) is 1.54. The topological polar surface area (TPSA) is 63.1 Å². The summed E-state index contributed by atoms with van der Waals surface area (Å²) in [6, 6.07) is 30.8. The Labute approximate surface area is 202 Å². The molecule has 3 radical (unpaired) electrons. The second-order valence-electron chi connectivity index (χ2n) is 5.97. The number of carbonyl (C=O) groups is 1. The quantitative estimate of drug-likeness (QED) is 0.415. The molecule has 2 aromatic heterocycles. The molecule has 0 saturated carbocycles. The van der Waals surface area contributed by atoms with Gasteiger partial charge < -0.3 is 6.53 Å². The van der Waals surface area contributed by atoms with E-state index >= 15 is 0 Å². The number of pyridine rings is 2. The second-order valence-corrected chi connectivity index (χ2v) is 5.97. The van der Waals surface area contributed by atoms with Crippen LogP contribution in [0.3, 0.4) is 0 Å². The second kappa shape index (κ2) is 13.6. The van der Waals surface area contributed by atoms with Gasteiger partial charge in [0.2, 0.25) is 0 Å². The summed E-state index contributed by atoms with van der Waals surface area (Å²) in [6.07, 6.45) is 0.756. The molecule has 6 heteroatoms. The minimum Gasteiger partial charge on any atom is -1.00 e. The molecular weight excluding hydrogens is 382 g/mol. The molecule has 0 aliphatic carbocycles. The fraction of sp³-hybridized carbons (Fsp3) is 0.0417. The van der Waals surface area contributed by atoms with Crippen LogP contribution < -0.4 is 29.6 Å². The van der Waals surface area contributed by atoms with Crippen molar-refractivity contribution in [2.75, 3.05) is 0 Å². The van der Waals surface area contributed by atoms with Crippen LogP contribution in [0.5, 0.6) is 0 Å². The van der Waals surface area contributed by atoms with Gasteiger partial charge in [0.1, 0.15) is 5.69 Å². The predicted molar refractivity (Wildman–Crippen MR) is 118 cm³/mol. The Hall–Kier alpha value is -2.57. The number of hydrogen-bond acceptors (Lipinski definition) is 4. The number of aldehydes is 1. The maximum Gasteiger partial charge on any atom is 1.00 e. The molecule has 0 atom stereocenters. The molecule has 0 unspecified atom stereocenters. The van der Waals surface area contributed by atoms with E-state index in [1.807, 2.05) is 91.0 Å². The number of benzene rings is 2. The van der Waals surface area contributed by atoms with Crippen molar-refractivity contribution in [1.29, 1.82) is 0 Å². The zero-order valence-electron chi connectivity index (χ0n) is 17.8. The van der Waals surface area contributed by atoms with E-state index in [-0.39, 0.29) is 46.0 Å². The molecule has 0 aliphatic rings. The number of carbonyl (C=O) groups excluding carboxylic acids is 1. The average molecular weight is 403 g/mol. The standard InChI is InChI=1S/C12H11NO.C12H9NO.B.Na.H/c2*14-9-11-7-4-8-12(13-11)10-5-2-1-3-6-10;;;/h1-8,14H,9H2;1-9H;;;/q;;;+1;-1. The molecule has 0 aliphatic heterocycles. The molecular formula is C24H21BN2NaO2. The zero-order chi connectivity index (χ0) is 19.6. The van der Waals surface area contributed by atoms with E-state index in [1.165, 1.54) is 0 Å². The van der Waals surface area contributed by atoms with Crippen LogP contribution in [0.25, 0.3) is 22.5 Å². The van der Waals surface area contributed by atoms with Gasteiger partial charge in [0.05, 0.1) is 23.7 Å². The van der Waals surface area contributed by atoms with Crippen LogP contribution in [0.4, 0.5) is 0 Å². The molecule has 0 saturated heterocycles. The van der Waals surface area contributed by atoms with E-state index in [2.05, 4.69) is 9.97 Å². The first-order valence-corrected chi connectivity index (χ1v) is 8.90. The maximum atomic E-state index is 10.5. The van der Waals surface area contributed by atoms with E-state index in [4.69, 9.17) is 5.11 Å². The minimum absolute atomic E-state index is 0. The van der Waals surface area contributed by atoms with Crippen LogP contribution in [0.1, 0.15) is 17.6 Å². The van der Waals surface area contributed by atoms with Gasteiger partial charge in [0.25, 0.3) is 0 Å². The van der Waals surface area contributed by atoms with E-state index in [0.29, 0.717) is 11.4 Å². The van der Waals surface area contributed by atoms with Gasteiger partial charge in [-0.15, -0.1) is 0 Å². The number of hydrogen-bond donors (Lipinski definition) is 1. The van der Waals surface area contributed by atoms with Crippen molar-refractivity contribution in [3.63, 3.8) is 0 Å². The zero-order valence-corrected chi connectivity index (χ0v) is 18.8. The van der Waals surface area contributed by atoms with Gasteiger partial charge in [-0.25, -0.2) is 4.98 Å². The smallest absolute Gasteiger partial charge is 1.00 e. The summed E-state index contributed by atoms with van der Waals surface area (Å²) in [5.74, 6) is 0. The molecule has 2 aromatic carbocycles. The van der Waals surface area contributed by atoms with Gasteiger partial charge in [0, 0.05) is 19.5 Å². The summed E-state index contributed by atoms with van der Waals surface area (Å²) in [6.45, 7) is -0.0132. The molecule has 0 amide bonds. The summed E-state index contributed by atoms with van der Waals surface area (Å²) in [7, 11) is 0. The minimum atomic E-state index is -0.0132. The van der Waals surface area contributed by atoms with Gasteiger partial charge in [-0.3, -0.25) is 9.78 Å². The summed E-state index contributed by atoms with van der Waals surface area (Å²) in [4.78, 5) is 19.0. The van der Waals surface area contributed by atoms with Gasteiger partial charge in [-0.2, -0.15) is 0 Å². The Morgan fingerprint density at radius 2 is 1.20 bits per heavy atom. The van der Waals surface area contributed by atoms with E-state index in [1.54, 1.807) is 6.07 Å². The van der Waals surface area contributed by atoms with Crippen LogP contribution >= 0.6 is 0 Å². The van der Waals surface area contributed by atoms with Gasteiger partial charge in [-0.1, -0.05) is 72.8 Å². The Kier molecular flexibility index (Phi) is 11.6. The summed E-state index contributed by atoms with van der Waals surface area (Å²) >= 11 is 0. The molecule has 4 nitrogen and oxygen atoms in total. The van der Waals surface area contributed by atoms with Crippen molar-refractivity contribution in [1.82, 2.24) is 9.97 Å². The molecule has 143 valence electrons. The third-order valence-electron chi connectivity index (χ3n) is 4.00. The molecule has 0 bridgehead atoms. The first-order chi connectivity index (χ1) is 13.8. The van der Waals surface area contributed by atoms with Crippen molar-refractivity contribution >= 4 is 14.7 Å². The first-order valence-electron chi connectivity index (χ1n) is 8.90. The van der Waals surface area contributed by atoms with Crippen molar-refractivity contribution in [2.45, 2.75) is 6.61 Å². The van der Waals surface area contributed by atoms with E-state index in [9.17, 15) is 4.79 Å². The average Bonchev–Trinajstić information content (AvgIpc) is 2.81. The van der Waals surface area contributed by atoms with E-state index < -0.39 is 0 Å². The number of aliphatic hydroxyl groups excluding tert-OH is 1. The maximum absolute atomic E-state index is 10.5. The van der Waals surface area contributed by atoms with Crippen molar-refractivity contribution in [3.8, 4) is 22.5 Å². The molecule has 2 heterocycles. The Morgan fingerprint density at radius 3 is 1.70 bits per heavy atom. The molecule has 1 N–H and O–H groups in total. The monoisotopic (exact) mass is 403 g/mol.